The summed E-state index contributed by atoms with van der Waals surface area (Å²) in [6, 6.07) is 0.0982. The molecule has 3 heteroatoms. The third-order valence-corrected chi connectivity index (χ3v) is 2.75. The minimum absolute atomic E-state index is 0.0982. The van der Waals surface area contributed by atoms with E-state index in [9.17, 15) is 4.79 Å². The van der Waals surface area contributed by atoms with Gasteiger partial charge in [-0.1, -0.05) is 13.3 Å². The molecule has 0 spiro atoms. The Morgan fingerprint density at radius 2 is 2.13 bits per heavy atom. The van der Waals surface area contributed by atoms with E-state index in [-0.39, 0.29) is 11.6 Å². The molecule has 0 saturated carbocycles. The summed E-state index contributed by atoms with van der Waals surface area (Å²) in [4.78, 5) is 13.8. The summed E-state index contributed by atoms with van der Waals surface area (Å²) >= 11 is 0. The van der Waals surface area contributed by atoms with Gasteiger partial charge in [0, 0.05) is 18.6 Å². The Morgan fingerprint density at radius 1 is 1.47 bits per heavy atom. The Kier molecular flexibility index (Phi) is 4.00. The number of likely N-dealkylation sites (tertiary alicyclic amines) is 1. The maximum absolute atomic E-state index is 11.8. The van der Waals surface area contributed by atoms with Gasteiger partial charge in [-0.3, -0.25) is 0 Å². The fraction of sp³-hybridized carbons (Fsp3) is 0.917. The highest BCUT2D eigenvalue weighted by Gasteiger charge is 2.27. The Morgan fingerprint density at radius 3 is 2.67 bits per heavy atom. The predicted octanol–water partition coefficient (Wildman–Crippen LogP) is 2.62. The Balaban J connectivity index is 2.37. The lowest BCUT2D eigenvalue weighted by atomic mass is 10.0. The fourth-order valence-electron chi connectivity index (χ4n) is 2.06. The van der Waals surface area contributed by atoms with E-state index in [1.54, 1.807) is 0 Å². The number of rotatable bonds is 2. The molecule has 0 aromatic carbocycles. The third kappa shape index (κ3) is 4.10. The highest BCUT2D eigenvalue weighted by Crippen LogP contribution is 2.21. The molecule has 2 amide bonds. The van der Waals surface area contributed by atoms with Crippen molar-refractivity contribution in [2.24, 2.45) is 5.92 Å². The highest BCUT2D eigenvalue weighted by atomic mass is 16.2. The summed E-state index contributed by atoms with van der Waals surface area (Å²) in [5.74, 6) is 0.723. The van der Waals surface area contributed by atoms with Gasteiger partial charge in [-0.15, -0.1) is 0 Å². The molecule has 1 aliphatic rings. The summed E-state index contributed by atoms with van der Waals surface area (Å²) < 4.78 is 0. The topological polar surface area (TPSA) is 32.3 Å². The molecule has 0 aromatic rings. The van der Waals surface area contributed by atoms with Crippen molar-refractivity contribution in [3.63, 3.8) is 0 Å². The molecular formula is C12H24N2O. The van der Waals surface area contributed by atoms with Crippen LogP contribution in [0, 0.1) is 5.92 Å². The molecule has 88 valence electrons. The van der Waals surface area contributed by atoms with Gasteiger partial charge in [-0.25, -0.2) is 4.79 Å². The lowest BCUT2D eigenvalue weighted by Crippen LogP contribution is -2.47. The first-order valence-electron chi connectivity index (χ1n) is 5.99. The van der Waals surface area contributed by atoms with Crippen molar-refractivity contribution in [2.75, 3.05) is 13.1 Å². The van der Waals surface area contributed by atoms with Gasteiger partial charge < -0.3 is 10.2 Å². The number of amides is 2. The van der Waals surface area contributed by atoms with Crippen molar-refractivity contribution in [3.05, 3.63) is 0 Å². The Hall–Kier alpha value is -0.730. The molecule has 1 rings (SSSR count). The number of carbonyl (C=O) groups is 1. The second kappa shape index (κ2) is 4.86. The van der Waals surface area contributed by atoms with E-state index in [0.717, 1.165) is 19.0 Å². The van der Waals surface area contributed by atoms with Crippen LogP contribution >= 0.6 is 0 Å². The second-order valence-corrected chi connectivity index (χ2v) is 5.57. The molecule has 1 fully saturated rings. The van der Waals surface area contributed by atoms with Crippen LogP contribution in [0.3, 0.4) is 0 Å². The van der Waals surface area contributed by atoms with E-state index in [0.29, 0.717) is 0 Å². The van der Waals surface area contributed by atoms with Crippen LogP contribution in [0.25, 0.3) is 0 Å². The molecule has 1 atom stereocenters. The van der Waals surface area contributed by atoms with E-state index in [1.165, 1.54) is 19.3 Å². The van der Waals surface area contributed by atoms with E-state index in [4.69, 9.17) is 0 Å². The first kappa shape index (κ1) is 12.3. The Labute approximate surface area is 93.2 Å². The molecule has 1 N–H and O–H groups in total. The monoisotopic (exact) mass is 212 g/mol. The number of urea groups is 1. The molecule has 1 unspecified atom stereocenters. The number of hydrogen-bond donors (Lipinski definition) is 1. The van der Waals surface area contributed by atoms with E-state index >= 15 is 0 Å². The van der Waals surface area contributed by atoms with Gasteiger partial charge in [0.15, 0.2) is 0 Å². The largest absolute Gasteiger partial charge is 0.333 e. The van der Waals surface area contributed by atoms with Crippen LogP contribution in [-0.2, 0) is 0 Å². The number of nitrogens with zero attached hydrogens (tertiary/aromatic N) is 1. The maximum Gasteiger partial charge on any atom is 0.317 e. The minimum Gasteiger partial charge on any atom is -0.333 e. The second-order valence-electron chi connectivity index (χ2n) is 5.57. The predicted molar refractivity (Wildman–Crippen MR) is 62.9 cm³/mol. The first-order valence-corrected chi connectivity index (χ1v) is 5.99. The normalized spacial score (nSPS) is 21.9. The molecule has 15 heavy (non-hydrogen) atoms. The smallest absolute Gasteiger partial charge is 0.317 e. The van der Waals surface area contributed by atoms with Crippen molar-refractivity contribution in [1.82, 2.24) is 10.2 Å². The zero-order valence-corrected chi connectivity index (χ0v) is 10.5. The fourth-order valence-corrected chi connectivity index (χ4v) is 2.06. The van der Waals surface area contributed by atoms with Crippen LogP contribution in [0.2, 0.25) is 0 Å². The van der Waals surface area contributed by atoms with Gasteiger partial charge in [0.1, 0.15) is 0 Å². The molecule has 1 aliphatic heterocycles. The summed E-state index contributed by atoms with van der Waals surface area (Å²) in [5.41, 5.74) is -0.125. The van der Waals surface area contributed by atoms with Crippen LogP contribution in [0.1, 0.15) is 47.0 Å². The number of hydrogen-bond acceptors (Lipinski definition) is 1. The lowest BCUT2D eigenvalue weighted by Gasteiger charge is -2.25. The van der Waals surface area contributed by atoms with Crippen LogP contribution < -0.4 is 5.32 Å². The molecule has 1 saturated heterocycles. The lowest BCUT2D eigenvalue weighted by molar-refractivity contribution is 0.197. The summed E-state index contributed by atoms with van der Waals surface area (Å²) in [5, 5.41) is 3.01. The quantitative estimate of drug-likeness (QED) is 0.749. The minimum atomic E-state index is -0.125. The van der Waals surface area contributed by atoms with Crippen LogP contribution in [0.15, 0.2) is 0 Å². The molecule has 0 aromatic heterocycles. The average Bonchev–Trinajstić information content (AvgIpc) is 2.50. The molecule has 0 radical (unpaired) electrons. The van der Waals surface area contributed by atoms with Crippen LogP contribution in [0.4, 0.5) is 4.79 Å². The molecular weight excluding hydrogens is 188 g/mol. The van der Waals surface area contributed by atoms with Crippen LogP contribution in [-0.4, -0.2) is 29.6 Å². The van der Waals surface area contributed by atoms with Gasteiger partial charge in [-0.05, 0) is 39.5 Å². The van der Waals surface area contributed by atoms with E-state index < -0.39 is 0 Å². The summed E-state index contributed by atoms with van der Waals surface area (Å²) in [6.07, 6.45) is 3.64. The highest BCUT2D eigenvalue weighted by molar-refractivity contribution is 5.75. The standard InChI is InChI=1S/C12H24N2O/c1-5-6-10-7-8-14(9-10)11(15)13-12(2,3)4/h10H,5-9H2,1-4H3,(H,13,15). The third-order valence-electron chi connectivity index (χ3n) is 2.75. The summed E-state index contributed by atoms with van der Waals surface area (Å²) in [6.45, 7) is 10.1. The van der Waals surface area contributed by atoms with Gasteiger partial charge in [-0.2, -0.15) is 0 Å². The maximum atomic E-state index is 11.8. The Bertz CT molecular complexity index is 220. The van der Waals surface area contributed by atoms with Crippen molar-refractivity contribution in [3.8, 4) is 0 Å². The molecule has 1 heterocycles. The van der Waals surface area contributed by atoms with Crippen molar-refractivity contribution in [1.29, 1.82) is 0 Å². The van der Waals surface area contributed by atoms with Crippen molar-refractivity contribution >= 4 is 6.03 Å². The molecule has 0 bridgehead atoms. The van der Waals surface area contributed by atoms with Crippen molar-refractivity contribution < 1.29 is 4.79 Å². The average molecular weight is 212 g/mol. The molecule has 0 aliphatic carbocycles. The van der Waals surface area contributed by atoms with Gasteiger partial charge in [0.25, 0.3) is 0 Å². The zero-order valence-electron chi connectivity index (χ0n) is 10.5. The van der Waals surface area contributed by atoms with Crippen LogP contribution in [0.5, 0.6) is 0 Å². The van der Waals surface area contributed by atoms with E-state index in [2.05, 4.69) is 12.2 Å². The SMILES string of the molecule is CCCC1CCN(C(=O)NC(C)(C)C)C1. The van der Waals surface area contributed by atoms with E-state index in [1.807, 2.05) is 25.7 Å². The van der Waals surface area contributed by atoms with Gasteiger partial charge in [0.2, 0.25) is 0 Å². The number of nitrogens with one attached hydrogen (secondary N) is 1. The number of carbonyl (C=O) groups excluding carboxylic acids is 1. The zero-order chi connectivity index (χ0) is 11.5. The summed E-state index contributed by atoms with van der Waals surface area (Å²) in [7, 11) is 0. The van der Waals surface area contributed by atoms with Crippen molar-refractivity contribution in [2.45, 2.75) is 52.5 Å². The van der Waals surface area contributed by atoms with Gasteiger partial charge >= 0.3 is 6.03 Å². The van der Waals surface area contributed by atoms with Gasteiger partial charge in [0.05, 0.1) is 0 Å². The first-order chi connectivity index (χ1) is 6.92. The molecule has 3 nitrogen and oxygen atoms in total.